The number of carbonyl (C=O) groups excluding carboxylic acids is 3. The number of benzene rings is 3. The summed E-state index contributed by atoms with van der Waals surface area (Å²) < 4.78 is 15.9. The maximum absolute atomic E-state index is 13.8. The first-order valence-corrected chi connectivity index (χ1v) is 11.5. The molecule has 1 aliphatic rings. The number of hydrogen-bond acceptors (Lipinski definition) is 7. The van der Waals surface area contributed by atoms with E-state index in [0.29, 0.717) is 33.0 Å². The molecule has 0 saturated heterocycles. The van der Waals surface area contributed by atoms with Crippen LogP contribution in [-0.4, -0.2) is 37.0 Å². The van der Waals surface area contributed by atoms with Crippen molar-refractivity contribution in [2.75, 3.05) is 19.1 Å². The smallest absolute Gasteiger partial charge is 0.337 e. The van der Waals surface area contributed by atoms with Gasteiger partial charge >= 0.3 is 5.97 Å². The van der Waals surface area contributed by atoms with E-state index < -0.39 is 29.5 Å². The quantitative estimate of drug-likeness (QED) is 0.259. The zero-order valence-electron chi connectivity index (χ0n) is 19.7. The van der Waals surface area contributed by atoms with Gasteiger partial charge in [-0.3, -0.25) is 14.5 Å². The highest BCUT2D eigenvalue weighted by Crippen LogP contribution is 2.43. The lowest BCUT2D eigenvalue weighted by atomic mass is 9.94. The van der Waals surface area contributed by atoms with Crippen LogP contribution in [0.5, 0.6) is 5.75 Å². The molecule has 1 atom stereocenters. The molecule has 2 heterocycles. The van der Waals surface area contributed by atoms with Gasteiger partial charge in [-0.15, -0.1) is 0 Å². The van der Waals surface area contributed by atoms with Crippen LogP contribution in [0.1, 0.15) is 32.5 Å². The Morgan fingerprint density at radius 1 is 1.00 bits per heavy atom. The second kappa shape index (κ2) is 9.48. The number of hydrogen-bond donors (Lipinski definition) is 1. The lowest BCUT2D eigenvalue weighted by molar-refractivity contribution is -0.117. The molecule has 1 unspecified atom stereocenters. The highest BCUT2D eigenvalue weighted by molar-refractivity contribution is 6.31. The van der Waals surface area contributed by atoms with Crippen molar-refractivity contribution in [3.8, 4) is 5.75 Å². The first-order valence-electron chi connectivity index (χ1n) is 11.2. The molecule has 0 bridgehead atoms. The summed E-state index contributed by atoms with van der Waals surface area (Å²) in [6.07, 6.45) is 0. The van der Waals surface area contributed by atoms with Crippen LogP contribution < -0.4 is 9.64 Å². The van der Waals surface area contributed by atoms with Crippen LogP contribution in [0.2, 0.25) is 5.02 Å². The van der Waals surface area contributed by atoms with Crippen molar-refractivity contribution < 1.29 is 33.4 Å². The number of methoxy groups -OCH3 is 2. The van der Waals surface area contributed by atoms with Crippen molar-refractivity contribution in [1.82, 2.24) is 0 Å². The number of ketones is 1. The van der Waals surface area contributed by atoms with Crippen LogP contribution in [0, 0.1) is 0 Å². The van der Waals surface area contributed by atoms with Gasteiger partial charge in [-0.2, -0.15) is 0 Å². The molecule has 0 spiro atoms. The fraction of sp³-hybridized carbons (Fsp3) is 0.107. The molecule has 1 aromatic heterocycles. The summed E-state index contributed by atoms with van der Waals surface area (Å²) in [5, 5.41) is 11.9. The summed E-state index contributed by atoms with van der Waals surface area (Å²) in [5.41, 5.74) is 1.22. The first kappa shape index (κ1) is 24.1. The molecule has 1 amide bonds. The normalized spacial score (nSPS) is 15.4. The fourth-order valence-corrected chi connectivity index (χ4v) is 4.65. The monoisotopic (exact) mass is 517 g/mol. The molecule has 0 aliphatic carbocycles. The first-order chi connectivity index (χ1) is 17.8. The van der Waals surface area contributed by atoms with Crippen LogP contribution >= 0.6 is 11.6 Å². The Hall–Kier alpha value is -4.56. The Kier molecular flexibility index (Phi) is 6.19. The van der Waals surface area contributed by atoms with Crippen molar-refractivity contribution in [2.24, 2.45) is 0 Å². The van der Waals surface area contributed by atoms with Gasteiger partial charge in [0.05, 0.1) is 31.4 Å². The van der Waals surface area contributed by atoms with Crippen LogP contribution in [0.4, 0.5) is 5.69 Å². The van der Waals surface area contributed by atoms with Crippen molar-refractivity contribution in [1.29, 1.82) is 0 Å². The summed E-state index contributed by atoms with van der Waals surface area (Å²) in [4.78, 5) is 40.6. The summed E-state index contributed by atoms with van der Waals surface area (Å²) >= 11 is 6.16. The molecule has 0 fully saturated rings. The van der Waals surface area contributed by atoms with Gasteiger partial charge in [0, 0.05) is 22.2 Å². The predicted molar refractivity (Wildman–Crippen MR) is 136 cm³/mol. The van der Waals surface area contributed by atoms with Crippen LogP contribution in [-0.2, 0) is 9.53 Å². The molecule has 0 radical (unpaired) electrons. The van der Waals surface area contributed by atoms with E-state index in [0.717, 1.165) is 0 Å². The summed E-state index contributed by atoms with van der Waals surface area (Å²) in [5.74, 6) is -2.54. The van der Waals surface area contributed by atoms with E-state index in [4.69, 9.17) is 25.5 Å². The molecular formula is C28H20ClNO7. The highest BCUT2D eigenvalue weighted by Gasteiger charge is 2.45. The maximum atomic E-state index is 13.8. The second-order valence-electron chi connectivity index (χ2n) is 8.26. The Balaban J connectivity index is 1.65. The number of nitrogens with zero attached hydrogens (tertiary/aromatic N) is 1. The number of fused-ring (bicyclic) bond motifs is 1. The van der Waals surface area contributed by atoms with Crippen molar-refractivity contribution in [3.05, 3.63) is 106 Å². The Morgan fingerprint density at radius 3 is 2.46 bits per heavy atom. The predicted octanol–water partition coefficient (Wildman–Crippen LogP) is 5.66. The number of aliphatic hydroxyl groups excluding tert-OH is 1. The number of esters is 1. The fourth-order valence-electron chi connectivity index (χ4n) is 4.44. The summed E-state index contributed by atoms with van der Waals surface area (Å²) in [7, 11) is 2.70. The van der Waals surface area contributed by atoms with Gasteiger partial charge in [0.2, 0.25) is 5.78 Å². The molecule has 8 nitrogen and oxygen atoms in total. The number of aliphatic hydroxyl groups is 1. The molecule has 9 heteroatoms. The number of halogens is 1. The largest absolute Gasteiger partial charge is 0.503 e. The maximum Gasteiger partial charge on any atom is 0.337 e. The van der Waals surface area contributed by atoms with E-state index in [2.05, 4.69) is 0 Å². The molecule has 5 rings (SSSR count). The number of Topliss-reactive ketones (excluding diaryl/α,β-unsaturated/α-hetero) is 1. The number of furan rings is 1. The Bertz CT molecular complexity index is 1590. The minimum absolute atomic E-state index is 0.101. The van der Waals surface area contributed by atoms with E-state index in [1.54, 1.807) is 60.7 Å². The standard InChI is InChI=1S/C28H20ClNO7/c1-35-21-14-18(29)11-17-13-20(37-26(17)21)24(31)22-23(15-7-4-3-5-8-15)30(27(33)25(22)32)19-10-6-9-16(12-19)28(34)36-2/h3-14,23,32H,1-2H3. The molecule has 4 aromatic rings. The van der Waals surface area contributed by atoms with Crippen molar-refractivity contribution in [3.63, 3.8) is 0 Å². The number of rotatable bonds is 6. The topological polar surface area (TPSA) is 106 Å². The van der Waals surface area contributed by atoms with Gasteiger partial charge in [0.25, 0.3) is 5.91 Å². The molecular weight excluding hydrogens is 498 g/mol. The third-order valence-corrected chi connectivity index (χ3v) is 6.32. The minimum atomic E-state index is -0.993. The van der Waals surface area contributed by atoms with Gasteiger partial charge in [-0.25, -0.2) is 4.79 Å². The van der Waals surface area contributed by atoms with Gasteiger partial charge in [-0.1, -0.05) is 48.0 Å². The average molecular weight is 518 g/mol. The zero-order chi connectivity index (χ0) is 26.3. The SMILES string of the molecule is COC(=O)c1cccc(N2C(=O)C(O)=C(C(=O)c3cc4cc(Cl)cc(OC)c4o3)C2c2ccccc2)c1. The van der Waals surface area contributed by atoms with Gasteiger partial charge < -0.3 is 19.0 Å². The number of ether oxygens (including phenoxy) is 2. The Morgan fingerprint density at radius 2 is 1.76 bits per heavy atom. The lowest BCUT2D eigenvalue weighted by Crippen LogP contribution is -2.31. The minimum Gasteiger partial charge on any atom is -0.503 e. The molecule has 3 aromatic carbocycles. The highest BCUT2D eigenvalue weighted by atomic mass is 35.5. The molecule has 186 valence electrons. The van der Waals surface area contributed by atoms with Gasteiger partial charge in [-0.05, 0) is 35.9 Å². The molecule has 37 heavy (non-hydrogen) atoms. The van der Waals surface area contributed by atoms with Crippen LogP contribution in [0.25, 0.3) is 11.0 Å². The average Bonchev–Trinajstić information content (AvgIpc) is 3.46. The number of amides is 1. The van der Waals surface area contributed by atoms with E-state index in [-0.39, 0.29) is 16.9 Å². The van der Waals surface area contributed by atoms with Gasteiger partial charge in [0.1, 0.15) is 0 Å². The zero-order valence-corrected chi connectivity index (χ0v) is 20.5. The third kappa shape index (κ3) is 4.11. The van der Waals surface area contributed by atoms with E-state index >= 15 is 0 Å². The third-order valence-electron chi connectivity index (χ3n) is 6.10. The second-order valence-corrected chi connectivity index (χ2v) is 8.70. The van der Waals surface area contributed by atoms with E-state index in [1.165, 1.54) is 31.3 Å². The Labute approximate surface area is 216 Å². The summed E-state index contributed by atoms with van der Waals surface area (Å²) in [6, 6.07) is 18.7. The molecule has 1 aliphatic heterocycles. The van der Waals surface area contributed by atoms with E-state index in [1.807, 2.05) is 0 Å². The van der Waals surface area contributed by atoms with E-state index in [9.17, 15) is 19.5 Å². The van der Waals surface area contributed by atoms with Crippen molar-refractivity contribution >= 4 is 45.9 Å². The van der Waals surface area contributed by atoms with Crippen LogP contribution in [0.15, 0.2) is 88.5 Å². The molecule has 0 saturated carbocycles. The number of anilines is 1. The van der Waals surface area contributed by atoms with Gasteiger partial charge in [0.15, 0.2) is 22.9 Å². The lowest BCUT2D eigenvalue weighted by Gasteiger charge is -2.27. The summed E-state index contributed by atoms with van der Waals surface area (Å²) in [6.45, 7) is 0. The molecule has 1 N–H and O–H groups in total. The van der Waals surface area contributed by atoms with Crippen molar-refractivity contribution in [2.45, 2.75) is 6.04 Å². The number of carbonyl (C=O) groups is 3. The van der Waals surface area contributed by atoms with Crippen LogP contribution in [0.3, 0.4) is 0 Å².